The van der Waals surface area contributed by atoms with Gasteiger partial charge >= 0.3 is 5.97 Å². The van der Waals surface area contributed by atoms with Crippen LogP contribution in [0, 0.1) is 0 Å². The Morgan fingerprint density at radius 2 is 2.41 bits per heavy atom. The minimum absolute atomic E-state index is 0.220. The summed E-state index contributed by atoms with van der Waals surface area (Å²) in [6.07, 6.45) is 0.712. The zero-order valence-corrected chi connectivity index (χ0v) is 10.8. The molecule has 1 aromatic heterocycles. The number of hydrogen-bond acceptors (Lipinski definition) is 5. The number of aliphatic imine (C=N–C) groups is 1. The topological polar surface area (TPSA) is 51.5 Å². The molecular weight excluding hydrogens is 260 g/mol. The van der Waals surface area contributed by atoms with E-state index in [0.29, 0.717) is 24.0 Å². The van der Waals surface area contributed by atoms with Crippen LogP contribution in [0.4, 0.5) is 5.82 Å². The zero-order valence-electron chi connectivity index (χ0n) is 9.27. The highest BCUT2D eigenvalue weighted by Gasteiger charge is 2.17. The van der Waals surface area contributed by atoms with Crippen LogP contribution in [0.1, 0.15) is 12.5 Å². The highest BCUT2D eigenvalue weighted by atomic mass is 35.5. The van der Waals surface area contributed by atoms with Crippen molar-refractivity contribution in [1.82, 2.24) is 4.98 Å². The third-order valence-electron chi connectivity index (χ3n) is 2.16. The van der Waals surface area contributed by atoms with Gasteiger partial charge in [-0.2, -0.15) is 0 Å². The van der Waals surface area contributed by atoms with Gasteiger partial charge in [0.2, 0.25) is 0 Å². The predicted octanol–water partition coefficient (Wildman–Crippen LogP) is 2.62. The largest absolute Gasteiger partial charge is 0.465 e. The van der Waals surface area contributed by atoms with Crippen molar-refractivity contribution in [2.45, 2.75) is 13.3 Å². The van der Waals surface area contributed by atoms with Crippen LogP contribution in [0.3, 0.4) is 0 Å². The second-order valence-electron chi connectivity index (χ2n) is 3.39. The normalized spacial score (nSPS) is 13.2. The smallest absolute Gasteiger partial charge is 0.316 e. The fourth-order valence-electron chi connectivity index (χ4n) is 1.44. The molecule has 0 fully saturated rings. The van der Waals surface area contributed by atoms with Gasteiger partial charge in [-0.15, -0.1) is 0 Å². The number of hydrogen-bond donors (Lipinski definition) is 0. The Morgan fingerprint density at radius 1 is 1.59 bits per heavy atom. The molecule has 0 atom stereocenters. The van der Waals surface area contributed by atoms with E-state index in [0.717, 1.165) is 10.6 Å². The number of fused-ring (bicyclic) bond motifs is 1. The Bertz CT molecular complexity index is 477. The molecule has 0 aromatic carbocycles. The number of pyridine rings is 1. The van der Waals surface area contributed by atoms with E-state index in [2.05, 4.69) is 9.98 Å². The molecule has 17 heavy (non-hydrogen) atoms. The van der Waals surface area contributed by atoms with Crippen LogP contribution in [0.15, 0.2) is 17.1 Å². The number of thioether (sulfide) groups is 1. The van der Waals surface area contributed by atoms with E-state index in [4.69, 9.17) is 16.3 Å². The highest BCUT2D eigenvalue weighted by Crippen LogP contribution is 2.29. The molecule has 4 nitrogen and oxygen atoms in total. The number of halogens is 1. The monoisotopic (exact) mass is 270 g/mol. The summed E-state index contributed by atoms with van der Waals surface area (Å²) in [5.74, 6) is 0.722. The molecule has 0 spiro atoms. The van der Waals surface area contributed by atoms with Gasteiger partial charge in [-0.05, 0) is 13.0 Å². The molecule has 2 heterocycles. The van der Waals surface area contributed by atoms with E-state index >= 15 is 0 Å². The van der Waals surface area contributed by atoms with Gasteiger partial charge in [0.05, 0.1) is 17.4 Å². The molecule has 0 saturated carbocycles. The maximum Gasteiger partial charge on any atom is 0.316 e. The van der Waals surface area contributed by atoms with Crippen molar-refractivity contribution >= 4 is 40.2 Å². The Balaban J connectivity index is 1.94. The lowest BCUT2D eigenvalue weighted by molar-refractivity contribution is -0.139. The second-order valence-corrected chi connectivity index (χ2v) is 4.83. The number of carbonyl (C=O) groups excluding carboxylic acids is 1. The third kappa shape index (κ3) is 3.20. The fourth-order valence-corrected chi connectivity index (χ4v) is 2.36. The standard InChI is InChI=1S/C11H11ClN2O2S/c1-2-16-10(15)6-17-9-5-7-3-4-8(12)13-11(7)14-9/h3-4H,2,5-6H2,1H3. The van der Waals surface area contributed by atoms with Gasteiger partial charge in [-0.1, -0.05) is 29.4 Å². The first-order valence-electron chi connectivity index (χ1n) is 5.20. The van der Waals surface area contributed by atoms with Crippen molar-refractivity contribution in [2.24, 2.45) is 4.99 Å². The Hall–Kier alpha value is -1.07. The highest BCUT2D eigenvalue weighted by molar-refractivity contribution is 8.14. The van der Waals surface area contributed by atoms with Gasteiger partial charge < -0.3 is 4.74 Å². The summed E-state index contributed by atoms with van der Waals surface area (Å²) in [4.78, 5) is 19.6. The molecule has 2 rings (SSSR count). The average Bonchev–Trinajstić information content (AvgIpc) is 2.68. The SMILES string of the molecule is CCOC(=O)CSC1=Nc2nc(Cl)ccc2C1. The number of aromatic nitrogens is 1. The lowest BCUT2D eigenvalue weighted by Crippen LogP contribution is -2.08. The minimum Gasteiger partial charge on any atom is -0.465 e. The quantitative estimate of drug-likeness (QED) is 0.626. The van der Waals surface area contributed by atoms with Crippen LogP contribution in [-0.4, -0.2) is 28.4 Å². The number of nitrogens with zero attached hydrogens (tertiary/aromatic N) is 2. The molecule has 0 amide bonds. The van der Waals surface area contributed by atoms with Gasteiger partial charge in [0.25, 0.3) is 0 Å². The summed E-state index contributed by atoms with van der Waals surface area (Å²) < 4.78 is 4.85. The molecule has 0 bridgehead atoms. The molecule has 6 heteroatoms. The van der Waals surface area contributed by atoms with Crippen molar-refractivity contribution in [1.29, 1.82) is 0 Å². The summed E-state index contributed by atoms with van der Waals surface area (Å²) in [6, 6.07) is 3.65. The van der Waals surface area contributed by atoms with Gasteiger partial charge in [0.15, 0.2) is 5.82 Å². The van der Waals surface area contributed by atoms with E-state index in [1.807, 2.05) is 6.07 Å². The first-order chi connectivity index (χ1) is 8.19. The molecule has 90 valence electrons. The van der Waals surface area contributed by atoms with E-state index in [9.17, 15) is 4.79 Å². The lowest BCUT2D eigenvalue weighted by Gasteiger charge is -2.00. The first-order valence-corrected chi connectivity index (χ1v) is 6.57. The van der Waals surface area contributed by atoms with Crippen molar-refractivity contribution in [3.05, 3.63) is 22.8 Å². The lowest BCUT2D eigenvalue weighted by atomic mass is 10.2. The van der Waals surface area contributed by atoms with Crippen LogP contribution < -0.4 is 0 Å². The van der Waals surface area contributed by atoms with Crippen molar-refractivity contribution in [2.75, 3.05) is 12.4 Å². The van der Waals surface area contributed by atoms with E-state index in [1.54, 1.807) is 13.0 Å². The summed E-state index contributed by atoms with van der Waals surface area (Å²) >= 11 is 7.17. The summed E-state index contributed by atoms with van der Waals surface area (Å²) in [5, 5.41) is 1.31. The van der Waals surface area contributed by atoms with Crippen molar-refractivity contribution < 1.29 is 9.53 Å². The molecule has 1 aromatic rings. The van der Waals surface area contributed by atoms with Gasteiger partial charge in [-0.25, -0.2) is 9.98 Å². The average molecular weight is 271 g/mol. The van der Waals surface area contributed by atoms with Crippen LogP contribution in [0.25, 0.3) is 0 Å². The molecule has 0 aliphatic carbocycles. The van der Waals surface area contributed by atoms with Crippen LogP contribution >= 0.6 is 23.4 Å². The zero-order chi connectivity index (χ0) is 12.3. The summed E-state index contributed by atoms with van der Waals surface area (Å²) in [6.45, 7) is 2.20. The second kappa shape index (κ2) is 5.51. The summed E-state index contributed by atoms with van der Waals surface area (Å²) in [7, 11) is 0. The Kier molecular flexibility index (Phi) is 4.02. The predicted molar refractivity (Wildman–Crippen MR) is 69.1 cm³/mol. The molecule has 1 aliphatic heterocycles. The van der Waals surface area contributed by atoms with Crippen molar-refractivity contribution in [3.8, 4) is 0 Å². The first kappa shape index (κ1) is 12.4. The molecule has 0 N–H and O–H groups in total. The fraction of sp³-hybridized carbons (Fsp3) is 0.364. The van der Waals surface area contributed by atoms with Crippen molar-refractivity contribution in [3.63, 3.8) is 0 Å². The van der Waals surface area contributed by atoms with Crippen LogP contribution in [0.5, 0.6) is 0 Å². The molecular formula is C11H11ClN2O2S. The van der Waals surface area contributed by atoms with Gasteiger partial charge in [-0.3, -0.25) is 4.79 Å². The van der Waals surface area contributed by atoms with E-state index in [1.165, 1.54) is 11.8 Å². The van der Waals surface area contributed by atoms with Gasteiger partial charge in [0, 0.05) is 12.0 Å². The maximum atomic E-state index is 11.2. The molecule has 1 aliphatic rings. The number of carbonyl (C=O) groups is 1. The Morgan fingerprint density at radius 3 is 3.18 bits per heavy atom. The van der Waals surface area contributed by atoms with Gasteiger partial charge in [0.1, 0.15) is 5.15 Å². The van der Waals surface area contributed by atoms with E-state index < -0.39 is 0 Å². The maximum absolute atomic E-state index is 11.2. The van der Waals surface area contributed by atoms with Crippen LogP contribution in [-0.2, 0) is 16.0 Å². The molecule has 0 unspecified atom stereocenters. The number of rotatable bonds is 3. The minimum atomic E-state index is -0.220. The van der Waals surface area contributed by atoms with E-state index in [-0.39, 0.29) is 11.7 Å². The third-order valence-corrected chi connectivity index (χ3v) is 3.32. The summed E-state index contributed by atoms with van der Waals surface area (Å²) in [5.41, 5.74) is 1.04. The molecule has 0 radical (unpaired) electrons. The van der Waals surface area contributed by atoms with Crippen LogP contribution in [0.2, 0.25) is 5.15 Å². The number of esters is 1. The number of ether oxygens (including phenoxy) is 1. The Labute approximate surface area is 108 Å². The molecule has 0 saturated heterocycles.